The van der Waals surface area contributed by atoms with Crippen LogP contribution in [0.25, 0.3) is 10.8 Å². The molecule has 0 radical (unpaired) electrons. The number of phenolic OH excluding ortho intramolecular Hbond substituents is 1. The van der Waals surface area contributed by atoms with E-state index in [4.69, 9.17) is 0 Å². The number of phenols is 1. The molecule has 0 atom stereocenters. The summed E-state index contributed by atoms with van der Waals surface area (Å²) < 4.78 is 61.1. The van der Waals surface area contributed by atoms with Crippen LogP contribution in [0.2, 0.25) is 0 Å². The van der Waals surface area contributed by atoms with Crippen LogP contribution in [0, 0.1) is 0 Å². The standard InChI is InChI=1S/C18H12F3NO4S/c19-18(20,21)27(25,26)13-6-3-5-12(10-13)22-17(24)16-14-7-2-1-4-11(14)8-9-15(16)23/h1-10,23H,(H,22,24). The number of sulfone groups is 1. The monoisotopic (exact) mass is 395 g/mol. The van der Waals surface area contributed by atoms with Gasteiger partial charge in [-0.25, -0.2) is 8.42 Å². The molecule has 0 aliphatic rings. The molecule has 3 aromatic carbocycles. The van der Waals surface area contributed by atoms with E-state index in [9.17, 15) is 31.5 Å². The molecule has 0 heterocycles. The summed E-state index contributed by atoms with van der Waals surface area (Å²) in [6.45, 7) is 0. The summed E-state index contributed by atoms with van der Waals surface area (Å²) in [5, 5.41) is 13.5. The summed E-state index contributed by atoms with van der Waals surface area (Å²) in [6, 6.07) is 13.5. The van der Waals surface area contributed by atoms with E-state index < -0.39 is 26.1 Å². The van der Waals surface area contributed by atoms with Crippen molar-refractivity contribution < 1.29 is 31.5 Å². The highest BCUT2D eigenvalue weighted by Gasteiger charge is 2.46. The van der Waals surface area contributed by atoms with Crippen LogP contribution < -0.4 is 5.32 Å². The number of aromatic hydroxyl groups is 1. The summed E-state index contributed by atoms with van der Waals surface area (Å²) in [4.78, 5) is 11.6. The number of rotatable bonds is 3. The topological polar surface area (TPSA) is 83.5 Å². The number of carbonyl (C=O) groups is 1. The maximum atomic E-state index is 12.7. The summed E-state index contributed by atoms with van der Waals surface area (Å²) in [7, 11) is -5.54. The molecule has 0 saturated carbocycles. The average molecular weight is 395 g/mol. The summed E-state index contributed by atoms with van der Waals surface area (Å²) in [6.07, 6.45) is 0. The van der Waals surface area contributed by atoms with Gasteiger partial charge in [0.15, 0.2) is 0 Å². The molecule has 1 amide bonds. The Labute approximate surface area is 152 Å². The smallest absolute Gasteiger partial charge is 0.501 e. The van der Waals surface area contributed by atoms with E-state index in [1.807, 2.05) is 0 Å². The number of hydrogen-bond donors (Lipinski definition) is 2. The molecule has 0 bridgehead atoms. The van der Waals surface area contributed by atoms with Crippen molar-refractivity contribution in [3.8, 4) is 5.75 Å². The van der Waals surface area contributed by atoms with Crippen LogP contribution in [0.3, 0.4) is 0 Å². The van der Waals surface area contributed by atoms with Crippen LogP contribution >= 0.6 is 0 Å². The van der Waals surface area contributed by atoms with Crippen LogP contribution in [0.4, 0.5) is 18.9 Å². The number of anilines is 1. The number of carbonyl (C=O) groups excluding carboxylic acids is 1. The predicted molar refractivity (Wildman–Crippen MR) is 93.2 cm³/mol. The lowest BCUT2D eigenvalue weighted by atomic mass is 10.0. The third-order valence-corrected chi connectivity index (χ3v) is 5.32. The first-order chi connectivity index (χ1) is 12.6. The Balaban J connectivity index is 1.99. The molecule has 5 nitrogen and oxygen atoms in total. The SMILES string of the molecule is O=C(Nc1cccc(S(=O)(=O)C(F)(F)F)c1)c1c(O)ccc2ccccc12. The first kappa shape index (κ1) is 18.7. The molecule has 0 unspecified atom stereocenters. The molecule has 2 N–H and O–H groups in total. The maximum Gasteiger partial charge on any atom is 0.501 e. The first-order valence-corrected chi connectivity index (χ1v) is 9.03. The van der Waals surface area contributed by atoms with Gasteiger partial charge in [-0.3, -0.25) is 4.79 Å². The van der Waals surface area contributed by atoms with Gasteiger partial charge in [0.2, 0.25) is 0 Å². The Hall–Kier alpha value is -3.07. The van der Waals surface area contributed by atoms with Crippen LogP contribution in [0.1, 0.15) is 10.4 Å². The fourth-order valence-electron chi connectivity index (χ4n) is 2.57. The lowest BCUT2D eigenvalue weighted by molar-refractivity contribution is -0.0436. The zero-order valence-electron chi connectivity index (χ0n) is 13.5. The minimum Gasteiger partial charge on any atom is -0.507 e. The van der Waals surface area contributed by atoms with Gasteiger partial charge in [-0.05, 0) is 35.0 Å². The second-order valence-corrected chi connectivity index (χ2v) is 7.55. The molecule has 0 saturated heterocycles. The van der Waals surface area contributed by atoms with Gasteiger partial charge in [-0.2, -0.15) is 13.2 Å². The molecular formula is C18H12F3NO4S. The van der Waals surface area contributed by atoms with Crippen molar-refractivity contribution in [3.05, 3.63) is 66.2 Å². The Bertz CT molecular complexity index is 1140. The number of halogens is 3. The third kappa shape index (κ3) is 3.45. The summed E-state index contributed by atoms with van der Waals surface area (Å²) in [5.41, 5.74) is -5.68. The van der Waals surface area contributed by atoms with E-state index in [1.165, 1.54) is 12.1 Å². The normalized spacial score (nSPS) is 12.1. The van der Waals surface area contributed by atoms with E-state index >= 15 is 0 Å². The van der Waals surface area contributed by atoms with Gasteiger partial charge in [0, 0.05) is 5.69 Å². The van der Waals surface area contributed by atoms with E-state index in [2.05, 4.69) is 5.32 Å². The lowest BCUT2D eigenvalue weighted by Gasteiger charge is -2.12. The minimum absolute atomic E-state index is 0.0721. The van der Waals surface area contributed by atoms with Gasteiger partial charge in [0.05, 0.1) is 10.5 Å². The average Bonchev–Trinajstić information content (AvgIpc) is 2.60. The molecule has 0 fully saturated rings. The van der Waals surface area contributed by atoms with Crippen molar-refractivity contribution in [1.82, 2.24) is 0 Å². The first-order valence-electron chi connectivity index (χ1n) is 7.55. The number of nitrogens with one attached hydrogen (secondary N) is 1. The highest BCUT2D eigenvalue weighted by atomic mass is 32.2. The van der Waals surface area contributed by atoms with Crippen LogP contribution in [-0.2, 0) is 9.84 Å². The molecule has 3 rings (SSSR count). The molecule has 140 valence electrons. The van der Waals surface area contributed by atoms with Crippen molar-refractivity contribution in [2.45, 2.75) is 10.4 Å². The number of benzene rings is 3. The van der Waals surface area contributed by atoms with E-state index in [1.54, 1.807) is 30.3 Å². The van der Waals surface area contributed by atoms with Gasteiger partial charge in [-0.1, -0.05) is 36.4 Å². The van der Waals surface area contributed by atoms with Gasteiger partial charge in [0.25, 0.3) is 15.7 Å². The molecule has 9 heteroatoms. The van der Waals surface area contributed by atoms with Gasteiger partial charge in [0.1, 0.15) is 5.75 Å². The molecular weight excluding hydrogens is 383 g/mol. The number of amides is 1. The molecule has 0 spiro atoms. The van der Waals surface area contributed by atoms with Gasteiger partial charge in [-0.15, -0.1) is 0 Å². The van der Waals surface area contributed by atoms with Crippen molar-refractivity contribution >= 4 is 32.2 Å². The van der Waals surface area contributed by atoms with Crippen molar-refractivity contribution in [2.24, 2.45) is 0 Å². The Morgan fingerprint density at radius 1 is 0.963 bits per heavy atom. The van der Waals surface area contributed by atoms with E-state index in [0.717, 1.165) is 12.1 Å². The number of alkyl halides is 3. The number of fused-ring (bicyclic) bond motifs is 1. The zero-order valence-corrected chi connectivity index (χ0v) is 14.3. The fraction of sp³-hybridized carbons (Fsp3) is 0.0556. The quantitative estimate of drug-likeness (QED) is 0.700. The highest BCUT2D eigenvalue weighted by molar-refractivity contribution is 7.92. The lowest BCUT2D eigenvalue weighted by Crippen LogP contribution is -2.23. The third-order valence-electron chi connectivity index (χ3n) is 3.84. The maximum absolute atomic E-state index is 12.7. The van der Waals surface area contributed by atoms with Crippen molar-refractivity contribution in [3.63, 3.8) is 0 Å². The van der Waals surface area contributed by atoms with E-state index in [0.29, 0.717) is 16.8 Å². The largest absolute Gasteiger partial charge is 0.507 e. The second kappa shape index (κ2) is 6.58. The van der Waals surface area contributed by atoms with Crippen molar-refractivity contribution in [2.75, 3.05) is 5.32 Å². The Morgan fingerprint density at radius 3 is 2.37 bits per heavy atom. The van der Waals surface area contributed by atoms with Crippen LogP contribution in [0.15, 0.2) is 65.6 Å². The second-order valence-electron chi connectivity index (χ2n) is 5.61. The molecule has 0 aliphatic heterocycles. The molecule has 27 heavy (non-hydrogen) atoms. The highest BCUT2D eigenvalue weighted by Crippen LogP contribution is 2.32. The van der Waals surface area contributed by atoms with E-state index in [-0.39, 0.29) is 17.0 Å². The van der Waals surface area contributed by atoms with Gasteiger partial charge >= 0.3 is 5.51 Å². The van der Waals surface area contributed by atoms with Crippen LogP contribution in [0.5, 0.6) is 5.75 Å². The summed E-state index contributed by atoms with van der Waals surface area (Å²) >= 11 is 0. The molecule has 0 aromatic heterocycles. The molecule has 3 aromatic rings. The van der Waals surface area contributed by atoms with Gasteiger partial charge < -0.3 is 10.4 Å². The summed E-state index contributed by atoms with van der Waals surface area (Å²) in [5.74, 6) is -1.10. The van der Waals surface area contributed by atoms with Crippen LogP contribution in [-0.4, -0.2) is 24.9 Å². The molecule has 0 aliphatic carbocycles. The number of hydrogen-bond acceptors (Lipinski definition) is 4. The fourth-order valence-corrected chi connectivity index (χ4v) is 3.37. The minimum atomic E-state index is -5.54. The zero-order chi connectivity index (χ0) is 19.8. The Kier molecular flexibility index (Phi) is 4.56. The Morgan fingerprint density at radius 2 is 1.67 bits per heavy atom. The van der Waals surface area contributed by atoms with Crippen molar-refractivity contribution in [1.29, 1.82) is 0 Å². The predicted octanol–water partition coefficient (Wildman–Crippen LogP) is 4.09.